The number of rotatable bonds is 9. The normalized spacial score (nSPS) is 10.9. The maximum Gasteiger partial charge on any atom is 0.319 e. The molecule has 0 fully saturated rings. The van der Waals surface area contributed by atoms with E-state index in [4.69, 9.17) is 4.52 Å². The summed E-state index contributed by atoms with van der Waals surface area (Å²) in [5, 5.41) is 10.6. The van der Waals surface area contributed by atoms with Crippen molar-refractivity contribution in [2.45, 2.75) is 43.4 Å². The molecule has 0 aliphatic heterocycles. The number of carbonyl (C=O) groups is 1. The highest BCUT2D eigenvalue weighted by molar-refractivity contribution is 7.98. The lowest BCUT2D eigenvalue weighted by Crippen LogP contribution is -2.29. The van der Waals surface area contributed by atoms with Crippen molar-refractivity contribution in [2.24, 2.45) is 0 Å². The van der Waals surface area contributed by atoms with Crippen LogP contribution in [-0.4, -0.2) is 27.7 Å². The molecular weight excluding hydrogens is 386 g/mol. The quantitative estimate of drug-likeness (QED) is 0.394. The standard InChI is InChI=1S/C21H25N5O2S/c1-15(2)20-25-18(28-26-20)9-6-12-23-21(27)24-17-8-5-7-16(13-17)14-29-19-10-3-4-11-22-19/h3-5,7-8,10-11,13,15H,6,9,12,14H2,1-2H3,(H2,23,24,27). The number of nitrogens with zero attached hydrogens (tertiary/aromatic N) is 3. The molecule has 29 heavy (non-hydrogen) atoms. The van der Waals surface area contributed by atoms with Crippen LogP contribution in [-0.2, 0) is 12.2 Å². The van der Waals surface area contributed by atoms with Crippen molar-refractivity contribution < 1.29 is 9.32 Å². The van der Waals surface area contributed by atoms with Gasteiger partial charge in [0.25, 0.3) is 0 Å². The van der Waals surface area contributed by atoms with Crippen LogP contribution in [0.5, 0.6) is 0 Å². The molecule has 3 rings (SSSR count). The second-order valence-electron chi connectivity index (χ2n) is 6.84. The molecule has 0 radical (unpaired) electrons. The first kappa shape index (κ1) is 20.9. The summed E-state index contributed by atoms with van der Waals surface area (Å²) in [6.45, 7) is 4.57. The van der Waals surface area contributed by atoms with Crippen LogP contribution in [0.4, 0.5) is 10.5 Å². The summed E-state index contributed by atoms with van der Waals surface area (Å²) in [4.78, 5) is 20.8. The largest absolute Gasteiger partial charge is 0.339 e. The summed E-state index contributed by atoms with van der Waals surface area (Å²) in [6, 6.07) is 13.4. The van der Waals surface area contributed by atoms with Crippen LogP contribution in [0.1, 0.15) is 43.5 Å². The number of aromatic nitrogens is 3. The van der Waals surface area contributed by atoms with Crippen LogP contribution in [0.25, 0.3) is 0 Å². The lowest BCUT2D eigenvalue weighted by molar-refractivity contribution is 0.252. The molecule has 152 valence electrons. The van der Waals surface area contributed by atoms with Crippen LogP contribution >= 0.6 is 11.8 Å². The highest BCUT2D eigenvalue weighted by Crippen LogP contribution is 2.22. The first-order chi connectivity index (χ1) is 14.1. The minimum atomic E-state index is -0.229. The van der Waals surface area contributed by atoms with Gasteiger partial charge in [-0.2, -0.15) is 4.98 Å². The van der Waals surface area contributed by atoms with Gasteiger partial charge in [0, 0.05) is 36.5 Å². The Morgan fingerprint density at radius 1 is 1.21 bits per heavy atom. The molecular formula is C21H25N5O2S. The fraction of sp³-hybridized carbons (Fsp3) is 0.333. The fourth-order valence-corrected chi connectivity index (χ4v) is 3.35. The van der Waals surface area contributed by atoms with E-state index < -0.39 is 0 Å². The van der Waals surface area contributed by atoms with Crippen LogP contribution < -0.4 is 10.6 Å². The maximum absolute atomic E-state index is 12.1. The number of pyridine rings is 1. The summed E-state index contributed by atoms with van der Waals surface area (Å²) in [5.74, 6) is 2.35. The van der Waals surface area contributed by atoms with E-state index in [0.717, 1.165) is 28.5 Å². The third-order valence-electron chi connectivity index (χ3n) is 4.06. The number of carbonyl (C=O) groups excluding carboxylic acids is 1. The van der Waals surface area contributed by atoms with Crippen LogP contribution in [0.3, 0.4) is 0 Å². The molecule has 0 aliphatic carbocycles. The molecule has 0 saturated carbocycles. The van der Waals surface area contributed by atoms with Gasteiger partial charge >= 0.3 is 6.03 Å². The number of urea groups is 1. The third kappa shape index (κ3) is 6.90. The van der Waals surface area contributed by atoms with E-state index in [9.17, 15) is 4.79 Å². The molecule has 0 bridgehead atoms. The van der Waals surface area contributed by atoms with Gasteiger partial charge in [0.15, 0.2) is 5.82 Å². The highest BCUT2D eigenvalue weighted by atomic mass is 32.2. The van der Waals surface area contributed by atoms with Gasteiger partial charge in [0.05, 0.1) is 5.03 Å². The third-order valence-corrected chi connectivity index (χ3v) is 5.08. The van der Waals surface area contributed by atoms with Gasteiger partial charge in [-0.3, -0.25) is 0 Å². The molecule has 0 spiro atoms. The number of anilines is 1. The van der Waals surface area contributed by atoms with Gasteiger partial charge in [0.2, 0.25) is 5.89 Å². The number of hydrogen-bond donors (Lipinski definition) is 2. The minimum Gasteiger partial charge on any atom is -0.339 e. The highest BCUT2D eigenvalue weighted by Gasteiger charge is 2.09. The number of benzene rings is 1. The van der Waals surface area contributed by atoms with Gasteiger partial charge in [0.1, 0.15) is 0 Å². The first-order valence-electron chi connectivity index (χ1n) is 9.60. The summed E-state index contributed by atoms with van der Waals surface area (Å²) < 4.78 is 5.20. The molecule has 0 aliphatic rings. The number of amides is 2. The summed E-state index contributed by atoms with van der Waals surface area (Å²) >= 11 is 1.66. The van der Waals surface area contributed by atoms with E-state index >= 15 is 0 Å². The molecule has 0 unspecified atom stereocenters. The number of thioether (sulfide) groups is 1. The Hall–Kier alpha value is -2.87. The van der Waals surface area contributed by atoms with Crippen molar-refractivity contribution in [1.29, 1.82) is 0 Å². The molecule has 2 aromatic heterocycles. The lowest BCUT2D eigenvalue weighted by Gasteiger charge is -2.09. The van der Waals surface area contributed by atoms with Crippen LogP contribution in [0.2, 0.25) is 0 Å². The van der Waals surface area contributed by atoms with E-state index in [1.807, 2.05) is 56.3 Å². The minimum absolute atomic E-state index is 0.229. The van der Waals surface area contributed by atoms with E-state index in [-0.39, 0.29) is 11.9 Å². The average molecular weight is 412 g/mol. The zero-order valence-electron chi connectivity index (χ0n) is 16.6. The van der Waals surface area contributed by atoms with E-state index in [1.165, 1.54) is 0 Å². The molecule has 8 heteroatoms. The van der Waals surface area contributed by atoms with Crippen molar-refractivity contribution in [3.05, 3.63) is 65.9 Å². The Kier molecular flexibility index (Phi) is 7.63. The van der Waals surface area contributed by atoms with Gasteiger partial charge in [-0.15, -0.1) is 11.8 Å². The molecule has 0 saturated heterocycles. The summed E-state index contributed by atoms with van der Waals surface area (Å²) in [5.41, 5.74) is 1.89. The predicted molar refractivity (Wildman–Crippen MR) is 114 cm³/mol. The zero-order valence-corrected chi connectivity index (χ0v) is 17.4. The average Bonchev–Trinajstić information content (AvgIpc) is 3.20. The Morgan fingerprint density at radius 2 is 2.10 bits per heavy atom. The van der Waals surface area contributed by atoms with Crippen LogP contribution in [0.15, 0.2) is 58.2 Å². The zero-order chi connectivity index (χ0) is 20.5. The molecule has 3 aromatic rings. The Morgan fingerprint density at radius 3 is 2.86 bits per heavy atom. The Bertz CT molecular complexity index is 914. The van der Waals surface area contributed by atoms with Crippen LogP contribution in [0, 0.1) is 0 Å². The van der Waals surface area contributed by atoms with Gasteiger partial charge < -0.3 is 15.2 Å². The van der Waals surface area contributed by atoms with Crippen molar-refractivity contribution in [2.75, 3.05) is 11.9 Å². The lowest BCUT2D eigenvalue weighted by atomic mass is 10.2. The second-order valence-corrected chi connectivity index (χ2v) is 7.84. The molecule has 7 nitrogen and oxygen atoms in total. The molecule has 2 N–H and O–H groups in total. The number of aryl methyl sites for hydroxylation is 1. The number of nitrogens with one attached hydrogen (secondary N) is 2. The molecule has 0 atom stereocenters. The van der Waals surface area contributed by atoms with Crippen molar-refractivity contribution in [3.8, 4) is 0 Å². The van der Waals surface area contributed by atoms with E-state index in [1.54, 1.807) is 18.0 Å². The SMILES string of the molecule is CC(C)c1noc(CCCNC(=O)Nc2cccc(CSc3ccccn3)c2)n1. The molecule has 2 heterocycles. The molecule has 1 aromatic carbocycles. The van der Waals surface area contributed by atoms with Crippen molar-refractivity contribution in [3.63, 3.8) is 0 Å². The second kappa shape index (κ2) is 10.6. The fourth-order valence-electron chi connectivity index (χ4n) is 2.55. The smallest absolute Gasteiger partial charge is 0.319 e. The monoisotopic (exact) mass is 411 g/mol. The molecule has 2 amide bonds. The Balaban J connectivity index is 1.39. The topological polar surface area (TPSA) is 92.9 Å². The maximum atomic E-state index is 12.1. The van der Waals surface area contributed by atoms with E-state index in [2.05, 4.69) is 25.8 Å². The van der Waals surface area contributed by atoms with Gasteiger partial charge in [-0.25, -0.2) is 9.78 Å². The first-order valence-corrected chi connectivity index (χ1v) is 10.6. The van der Waals surface area contributed by atoms with Gasteiger partial charge in [-0.1, -0.05) is 37.2 Å². The predicted octanol–water partition coefficient (Wildman–Crippen LogP) is 4.63. The van der Waals surface area contributed by atoms with Crippen molar-refractivity contribution >= 4 is 23.5 Å². The summed E-state index contributed by atoms with van der Waals surface area (Å²) in [7, 11) is 0. The van der Waals surface area contributed by atoms with Gasteiger partial charge in [-0.05, 0) is 36.2 Å². The number of hydrogen-bond acceptors (Lipinski definition) is 6. The van der Waals surface area contributed by atoms with E-state index in [0.29, 0.717) is 24.7 Å². The summed E-state index contributed by atoms with van der Waals surface area (Å²) in [6.07, 6.45) is 3.15. The van der Waals surface area contributed by atoms with Crippen molar-refractivity contribution in [1.82, 2.24) is 20.4 Å². The Labute approximate surface area is 174 Å².